The number of nitrogens with one attached hydrogen (secondary N) is 1. The van der Waals surface area contributed by atoms with E-state index in [0.29, 0.717) is 4.77 Å². The van der Waals surface area contributed by atoms with E-state index in [4.69, 9.17) is 12.2 Å². The molecular weight excluding hydrogens is 218 g/mol. The summed E-state index contributed by atoms with van der Waals surface area (Å²) in [6.45, 7) is 0. The number of hydrogen-bond donors (Lipinski definition) is 1. The zero-order valence-electron chi connectivity index (χ0n) is 8.42. The van der Waals surface area contributed by atoms with Gasteiger partial charge in [0.05, 0.1) is 5.69 Å². The van der Waals surface area contributed by atoms with Crippen LogP contribution in [-0.4, -0.2) is 14.8 Å². The van der Waals surface area contributed by atoms with Gasteiger partial charge in [0.25, 0.3) is 0 Å². The minimum absolute atomic E-state index is 0.607. The van der Waals surface area contributed by atoms with Crippen molar-refractivity contribution in [2.45, 2.75) is 0 Å². The molecule has 0 aliphatic heterocycles. The average Bonchev–Trinajstić information content (AvgIpc) is 2.75. The summed E-state index contributed by atoms with van der Waals surface area (Å²) in [5.74, 6) is 0. The molecule has 78 valence electrons. The van der Waals surface area contributed by atoms with Crippen molar-refractivity contribution in [2.24, 2.45) is 0 Å². The second-order valence-corrected chi connectivity index (χ2v) is 3.95. The van der Waals surface area contributed by atoms with Crippen LogP contribution in [0.5, 0.6) is 0 Å². The monoisotopic (exact) mass is 227 g/mol. The molecule has 3 nitrogen and oxygen atoms in total. The van der Waals surface area contributed by atoms with Crippen LogP contribution in [0.4, 0.5) is 0 Å². The first-order valence-electron chi connectivity index (χ1n) is 4.96. The van der Waals surface area contributed by atoms with Crippen molar-refractivity contribution in [3.8, 4) is 5.69 Å². The lowest BCUT2D eigenvalue weighted by Crippen LogP contribution is -1.91. The Morgan fingerprint density at radius 3 is 2.62 bits per heavy atom. The Morgan fingerprint density at radius 1 is 1.06 bits per heavy atom. The number of rotatable bonds is 1. The average molecular weight is 227 g/mol. The minimum Gasteiger partial charge on any atom is -0.275 e. The molecule has 0 radical (unpaired) electrons. The number of aromatic amines is 1. The van der Waals surface area contributed by atoms with E-state index < -0.39 is 0 Å². The molecule has 1 aromatic heterocycles. The third kappa shape index (κ3) is 1.44. The molecule has 0 spiro atoms. The summed E-state index contributed by atoms with van der Waals surface area (Å²) in [4.78, 5) is 0. The molecule has 0 amide bonds. The molecule has 0 unspecified atom stereocenters. The molecule has 4 heteroatoms. The number of fused-ring (bicyclic) bond motifs is 1. The molecule has 0 saturated heterocycles. The highest BCUT2D eigenvalue weighted by Crippen LogP contribution is 2.18. The quantitative estimate of drug-likeness (QED) is 0.648. The van der Waals surface area contributed by atoms with Gasteiger partial charge in [-0.05, 0) is 35.1 Å². The number of benzene rings is 2. The molecule has 0 bridgehead atoms. The minimum atomic E-state index is 0.607. The van der Waals surface area contributed by atoms with Crippen molar-refractivity contribution in [2.75, 3.05) is 0 Å². The summed E-state index contributed by atoms with van der Waals surface area (Å²) in [5.41, 5.74) is 1.03. The van der Waals surface area contributed by atoms with Crippen LogP contribution in [0.1, 0.15) is 0 Å². The van der Waals surface area contributed by atoms with Crippen LogP contribution < -0.4 is 0 Å². The van der Waals surface area contributed by atoms with E-state index in [-0.39, 0.29) is 0 Å². The maximum Gasteiger partial charge on any atom is 0.199 e. The highest BCUT2D eigenvalue weighted by atomic mass is 32.1. The van der Waals surface area contributed by atoms with Gasteiger partial charge >= 0.3 is 0 Å². The molecule has 3 aromatic rings. The van der Waals surface area contributed by atoms with E-state index in [1.807, 2.05) is 22.8 Å². The number of nitrogens with zero attached hydrogens (tertiary/aromatic N) is 2. The third-order valence-corrected chi connectivity index (χ3v) is 2.85. The Morgan fingerprint density at radius 2 is 1.88 bits per heavy atom. The van der Waals surface area contributed by atoms with Crippen molar-refractivity contribution in [3.63, 3.8) is 0 Å². The second-order valence-electron chi connectivity index (χ2n) is 3.56. The Bertz CT molecular complexity index is 696. The summed E-state index contributed by atoms with van der Waals surface area (Å²) in [6.07, 6.45) is 1.69. The highest BCUT2D eigenvalue weighted by molar-refractivity contribution is 7.71. The Kier molecular flexibility index (Phi) is 2.08. The van der Waals surface area contributed by atoms with Crippen LogP contribution in [0.2, 0.25) is 0 Å². The summed E-state index contributed by atoms with van der Waals surface area (Å²) < 4.78 is 2.46. The molecule has 1 heterocycles. The third-order valence-electron chi connectivity index (χ3n) is 2.56. The Hall–Kier alpha value is -1.94. The van der Waals surface area contributed by atoms with Gasteiger partial charge in [-0.25, -0.2) is 0 Å². The summed E-state index contributed by atoms with van der Waals surface area (Å²) in [7, 11) is 0. The van der Waals surface area contributed by atoms with Crippen molar-refractivity contribution in [1.82, 2.24) is 14.8 Å². The zero-order valence-corrected chi connectivity index (χ0v) is 9.24. The zero-order chi connectivity index (χ0) is 11.0. The van der Waals surface area contributed by atoms with E-state index in [1.165, 1.54) is 10.8 Å². The smallest absolute Gasteiger partial charge is 0.199 e. The molecule has 1 N–H and O–H groups in total. The van der Waals surface area contributed by atoms with Gasteiger partial charge in [-0.15, -0.1) is 0 Å². The van der Waals surface area contributed by atoms with Crippen LogP contribution in [0.25, 0.3) is 16.5 Å². The maximum atomic E-state index is 5.13. The molecule has 0 saturated carbocycles. The number of aromatic nitrogens is 3. The lowest BCUT2D eigenvalue weighted by Gasteiger charge is -2.03. The summed E-state index contributed by atoms with van der Waals surface area (Å²) in [5, 5.41) is 9.08. The van der Waals surface area contributed by atoms with Gasteiger partial charge in [-0.3, -0.25) is 9.67 Å². The van der Waals surface area contributed by atoms with Crippen LogP contribution in [0.3, 0.4) is 0 Å². The first-order chi connectivity index (χ1) is 7.84. The van der Waals surface area contributed by atoms with Gasteiger partial charge in [0.15, 0.2) is 4.77 Å². The van der Waals surface area contributed by atoms with Crippen molar-refractivity contribution in [3.05, 3.63) is 53.6 Å². The molecule has 2 aromatic carbocycles. The molecule has 16 heavy (non-hydrogen) atoms. The maximum absolute atomic E-state index is 5.13. The van der Waals surface area contributed by atoms with Crippen molar-refractivity contribution >= 4 is 23.0 Å². The van der Waals surface area contributed by atoms with Gasteiger partial charge in [0.2, 0.25) is 0 Å². The molecule has 3 rings (SSSR count). The van der Waals surface area contributed by atoms with Crippen LogP contribution in [0.15, 0.2) is 48.8 Å². The van der Waals surface area contributed by atoms with Crippen molar-refractivity contribution in [1.29, 1.82) is 0 Å². The summed E-state index contributed by atoms with van der Waals surface area (Å²) in [6, 6.07) is 14.5. The summed E-state index contributed by atoms with van der Waals surface area (Å²) >= 11 is 5.13. The van der Waals surface area contributed by atoms with E-state index in [1.54, 1.807) is 6.33 Å². The highest BCUT2D eigenvalue weighted by Gasteiger charge is 1.99. The normalized spacial score (nSPS) is 10.8. The fourth-order valence-electron chi connectivity index (χ4n) is 1.76. The molecule has 0 fully saturated rings. The van der Waals surface area contributed by atoms with E-state index in [2.05, 4.69) is 34.5 Å². The van der Waals surface area contributed by atoms with Gasteiger partial charge in [-0.1, -0.05) is 30.3 Å². The molecular formula is C12H9N3S. The van der Waals surface area contributed by atoms with Gasteiger partial charge in [-0.2, -0.15) is 5.10 Å². The van der Waals surface area contributed by atoms with E-state index >= 15 is 0 Å². The number of hydrogen-bond acceptors (Lipinski definition) is 2. The fraction of sp³-hybridized carbons (Fsp3) is 0. The van der Waals surface area contributed by atoms with Crippen LogP contribution in [-0.2, 0) is 0 Å². The second kappa shape index (κ2) is 3.57. The van der Waals surface area contributed by atoms with Gasteiger partial charge in [0.1, 0.15) is 6.33 Å². The standard InChI is InChI=1S/C12H9N3S/c16-12-14-13-8-15(12)11-6-5-9-3-1-2-4-10(9)7-11/h1-8H,(H,14,16). The Labute approximate surface area is 97.4 Å². The van der Waals surface area contributed by atoms with Gasteiger partial charge in [0, 0.05) is 0 Å². The molecule has 0 aliphatic carbocycles. The molecule has 0 atom stereocenters. The first-order valence-corrected chi connectivity index (χ1v) is 5.36. The lowest BCUT2D eigenvalue weighted by atomic mass is 10.1. The topological polar surface area (TPSA) is 33.6 Å². The Balaban J connectivity index is 2.27. The largest absolute Gasteiger partial charge is 0.275 e. The van der Waals surface area contributed by atoms with E-state index in [0.717, 1.165) is 5.69 Å². The predicted octanol–water partition coefficient (Wildman–Crippen LogP) is 3.08. The first kappa shape index (κ1) is 9.30. The predicted molar refractivity (Wildman–Crippen MR) is 66.3 cm³/mol. The van der Waals surface area contributed by atoms with Gasteiger partial charge < -0.3 is 0 Å². The fourth-order valence-corrected chi connectivity index (χ4v) is 1.96. The van der Waals surface area contributed by atoms with Crippen LogP contribution in [0, 0.1) is 4.77 Å². The lowest BCUT2D eigenvalue weighted by molar-refractivity contribution is 1.03. The van der Waals surface area contributed by atoms with Crippen molar-refractivity contribution < 1.29 is 0 Å². The molecule has 0 aliphatic rings. The van der Waals surface area contributed by atoms with E-state index in [9.17, 15) is 0 Å². The SMILES string of the molecule is S=c1[nH]ncn1-c1ccc2ccccc2c1. The van der Waals surface area contributed by atoms with Crippen LogP contribution >= 0.6 is 12.2 Å². The number of H-pyrrole nitrogens is 1.